The van der Waals surface area contributed by atoms with Crippen LogP contribution in [-0.4, -0.2) is 0 Å². The molecule has 19 heavy (non-hydrogen) atoms. The first kappa shape index (κ1) is 14.2. The highest BCUT2D eigenvalue weighted by Crippen LogP contribution is 2.24. The molecule has 0 bridgehead atoms. The van der Waals surface area contributed by atoms with Crippen molar-refractivity contribution in [2.24, 2.45) is 0 Å². The summed E-state index contributed by atoms with van der Waals surface area (Å²) >= 11 is 15.4. The van der Waals surface area contributed by atoms with E-state index < -0.39 is 0 Å². The number of nitrogens with one attached hydrogen (secondary N) is 1. The van der Waals surface area contributed by atoms with E-state index in [1.807, 2.05) is 30.3 Å². The second kappa shape index (κ2) is 6.29. The molecule has 2 nitrogen and oxygen atoms in total. The number of rotatable bonds is 3. The maximum absolute atomic E-state index is 8.81. The normalized spacial score (nSPS) is 10.0. The molecule has 5 heteroatoms. The van der Waals surface area contributed by atoms with E-state index in [2.05, 4.69) is 21.2 Å². The van der Waals surface area contributed by atoms with E-state index >= 15 is 0 Å². The Hall–Kier alpha value is -1.21. The molecule has 2 rings (SSSR count). The van der Waals surface area contributed by atoms with Gasteiger partial charge in [0.2, 0.25) is 0 Å². The van der Waals surface area contributed by atoms with Crippen molar-refractivity contribution in [3.05, 3.63) is 62.0 Å². The predicted octanol–water partition coefficient (Wildman–Crippen LogP) is 5.24. The number of hydrogen-bond acceptors (Lipinski definition) is 2. The Bertz CT molecular complexity index is 650. The van der Waals surface area contributed by atoms with Gasteiger partial charge in [0.15, 0.2) is 0 Å². The zero-order valence-corrected chi connectivity index (χ0v) is 12.9. The lowest BCUT2D eigenvalue weighted by Crippen LogP contribution is -2.00. The molecule has 0 aliphatic rings. The predicted molar refractivity (Wildman–Crippen MR) is 82.6 cm³/mol. The van der Waals surface area contributed by atoms with Gasteiger partial charge in [-0.3, -0.25) is 0 Å². The summed E-state index contributed by atoms with van der Waals surface area (Å²) in [7, 11) is 0. The molecule has 2 aromatic rings. The van der Waals surface area contributed by atoms with Crippen molar-refractivity contribution in [2.45, 2.75) is 6.54 Å². The fourth-order valence-electron chi connectivity index (χ4n) is 1.59. The molecule has 0 atom stereocenters. The lowest BCUT2D eigenvalue weighted by atomic mass is 10.2. The van der Waals surface area contributed by atoms with E-state index in [4.69, 9.17) is 28.5 Å². The molecule has 0 saturated heterocycles. The van der Waals surface area contributed by atoms with E-state index in [9.17, 15) is 0 Å². The molecule has 0 heterocycles. The Balaban J connectivity index is 2.13. The molecule has 1 N–H and O–H groups in total. The minimum atomic E-state index is 0.442. The van der Waals surface area contributed by atoms with Gasteiger partial charge in [0.25, 0.3) is 0 Å². The quantitative estimate of drug-likeness (QED) is 0.817. The van der Waals surface area contributed by atoms with Gasteiger partial charge >= 0.3 is 0 Å². The van der Waals surface area contributed by atoms with Crippen LogP contribution < -0.4 is 5.32 Å². The van der Waals surface area contributed by atoms with Crippen LogP contribution in [0.4, 0.5) is 5.69 Å². The highest BCUT2D eigenvalue weighted by molar-refractivity contribution is 9.10. The summed E-state index contributed by atoms with van der Waals surface area (Å²) in [6.07, 6.45) is 0. The van der Waals surface area contributed by atoms with E-state index in [1.165, 1.54) is 0 Å². The first-order valence-corrected chi connectivity index (χ1v) is 7.02. The van der Waals surface area contributed by atoms with Gasteiger partial charge in [0.1, 0.15) is 6.07 Å². The van der Waals surface area contributed by atoms with Crippen molar-refractivity contribution < 1.29 is 0 Å². The van der Waals surface area contributed by atoms with Crippen molar-refractivity contribution in [2.75, 3.05) is 5.32 Å². The number of hydrogen-bond donors (Lipinski definition) is 1. The van der Waals surface area contributed by atoms with Gasteiger partial charge < -0.3 is 5.32 Å². The minimum Gasteiger partial charge on any atom is -0.381 e. The second-order valence-electron chi connectivity index (χ2n) is 3.90. The Morgan fingerprint density at radius 3 is 2.63 bits per heavy atom. The molecular weight excluding hydrogens is 347 g/mol. The topological polar surface area (TPSA) is 35.8 Å². The van der Waals surface area contributed by atoms with Crippen molar-refractivity contribution >= 4 is 44.8 Å². The molecule has 96 valence electrons. The van der Waals surface area contributed by atoms with Crippen LogP contribution >= 0.6 is 39.1 Å². The third-order valence-electron chi connectivity index (χ3n) is 2.58. The molecule has 0 aliphatic heterocycles. The summed E-state index contributed by atoms with van der Waals surface area (Å²) < 4.78 is 0.990. The molecular formula is C14H9BrCl2N2. The number of anilines is 1. The van der Waals surface area contributed by atoms with Crippen molar-refractivity contribution in [1.29, 1.82) is 5.26 Å². The van der Waals surface area contributed by atoms with Gasteiger partial charge in [0.05, 0.1) is 10.6 Å². The molecule has 2 aromatic carbocycles. The van der Waals surface area contributed by atoms with Crippen LogP contribution in [0.2, 0.25) is 10.0 Å². The number of benzene rings is 2. The summed E-state index contributed by atoms with van der Waals surface area (Å²) in [4.78, 5) is 0. The number of nitriles is 1. The summed E-state index contributed by atoms with van der Waals surface area (Å²) in [6.45, 7) is 0.614. The first-order chi connectivity index (χ1) is 9.10. The van der Waals surface area contributed by atoms with Crippen LogP contribution in [0, 0.1) is 11.3 Å². The summed E-state index contributed by atoms with van der Waals surface area (Å²) in [5, 5.41) is 13.2. The van der Waals surface area contributed by atoms with Crippen LogP contribution in [0.3, 0.4) is 0 Å². The molecule has 0 fully saturated rings. The standard InChI is InChI=1S/C14H9BrCl2N2/c15-13-4-2-11(16)5-10(13)8-19-12-3-1-9(7-18)14(17)6-12/h1-6,19H,8H2. The second-order valence-corrected chi connectivity index (χ2v) is 5.59. The maximum atomic E-state index is 8.81. The Morgan fingerprint density at radius 2 is 1.95 bits per heavy atom. The Kier molecular flexibility index (Phi) is 4.71. The average molecular weight is 356 g/mol. The molecule has 0 spiro atoms. The zero-order valence-electron chi connectivity index (χ0n) is 9.75. The minimum absolute atomic E-state index is 0.442. The molecule has 0 aliphatic carbocycles. The molecule has 0 saturated carbocycles. The lowest BCUT2D eigenvalue weighted by Gasteiger charge is -2.09. The number of halogens is 3. The SMILES string of the molecule is N#Cc1ccc(NCc2cc(Cl)ccc2Br)cc1Cl. The van der Waals surface area contributed by atoms with Crippen LogP contribution in [0.5, 0.6) is 0 Å². The fourth-order valence-corrected chi connectivity index (χ4v) is 2.40. The number of nitrogens with zero attached hydrogens (tertiary/aromatic N) is 1. The van der Waals surface area contributed by atoms with E-state index in [-0.39, 0.29) is 0 Å². The molecule has 0 radical (unpaired) electrons. The van der Waals surface area contributed by atoms with Crippen molar-refractivity contribution in [3.8, 4) is 6.07 Å². The maximum Gasteiger partial charge on any atom is 0.101 e. The largest absolute Gasteiger partial charge is 0.381 e. The van der Waals surface area contributed by atoms with Crippen LogP contribution in [0.15, 0.2) is 40.9 Å². The average Bonchev–Trinajstić information content (AvgIpc) is 2.40. The monoisotopic (exact) mass is 354 g/mol. The Labute approximate surface area is 130 Å². The summed E-state index contributed by atoms with van der Waals surface area (Å²) in [6, 6.07) is 12.9. The highest BCUT2D eigenvalue weighted by atomic mass is 79.9. The lowest BCUT2D eigenvalue weighted by molar-refractivity contribution is 1.14. The summed E-state index contributed by atoms with van der Waals surface area (Å²) in [5.41, 5.74) is 2.38. The van der Waals surface area contributed by atoms with Gasteiger partial charge in [-0.2, -0.15) is 5.26 Å². The third kappa shape index (κ3) is 3.63. The smallest absolute Gasteiger partial charge is 0.101 e. The first-order valence-electron chi connectivity index (χ1n) is 5.47. The fraction of sp³-hybridized carbons (Fsp3) is 0.0714. The van der Waals surface area contributed by atoms with Gasteiger partial charge in [0, 0.05) is 21.7 Å². The highest BCUT2D eigenvalue weighted by Gasteiger charge is 2.03. The van der Waals surface area contributed by atoms with E-state index in [0.29, 0.717) is 22.2 Å². The van der Waals surface area contributed by atoms with Gasteiger partial charge in [-0.25, -0.2) is 0 Å². The molecule has 0 aromatic heterocycles. The molecule has 0 amide bonds. The van der Waals surface area contributed by atoms with Crippen LogP contribution in [0.1, 0.15) is 11.1 Å². The van der Waals surface area contributed by atoms with Gasteiger partial charge in [-0.15, -0.1) is 0 Å². The van der Waals surface area contributed by atoms with Crippen LogP contribution in [-0.2, 0) is 6.54 Å². The van der Waals surface area contributed by atoms with E-state index in [0.717, 1.165) is 15.7 Å². The van der Waals surface area contributed by atoms with E-state index in [1.54, 1.807) is 12.1 Å². The summed E-state index contributed by atoms with van der Waals surface area (Å²) in [5.74, 6) is 0. The van der Waals surface area contributed by atoms with Gasteiger partial charge in [-0.1, -0.05) is 39.1 Å². The van der Waals surface area contributed by atoms with Crippen molar-refractivity contribution in [1.82, 2.24) is 0 Å². The van der Waals surface area contributed by atoms with Crippen LogP contribution in [0.25, 0.3) is 0 Å². The van der Waals surface area contributed by atoms with Gasteiger partial charge in [-0.05, 0) is 42.0 Å². The third-order valence-corrected chi connectivity index (χ3v) is 3.90. The zero-order chi connectivity index (χ0) is 13.8. The van der Waals surface area contributed by atoms with Crippen molar-refractivity contribution in [3.63, 3.8) is 0 Å². The molecule has 0 unspecified atom stereocenters. The Morgan fingerprint density at radius 1 is 1.16 bits per heavy atom.